The lowest BCUT2D eigenvalue weighted by atomic mass is 9.95. The van der Waals surface area contributed by atoms with Crippen molar-refractivity contribution in [3.8, 4) is 0 Å². The monoisotopic (exact) mass is 432 g/mol. The Kier molecular flexibility index (Phi) is 5.42. The van der Waals surface area contributed by atoms with Gasteiger partial charge < -0.3 is 14.5 Å². The lowest BCUT2D eigenvalue weighted by Gasteiger charge is -2.32. The van der Waals surface area contributed by atoms with Crippen LogP contribution in [-0.2, 0) is 13.0 Å². The summed E-state index contributed by atoms with van der Waals surface area (Å²) in [4.78, 5) is 34.6. The van der Waals surface area contributed by atoms with E-state index >= 15 is 0 Å². The number of amides is 1. The number of aromatic amines is 1. The molecule has 0 unspecified atom stereocenters. The molecule has 31 heavy (non-hydrogen) atoms. The van der Waals surface area contributed by atoms with Gasteiger partial charge in [0.05, 0.1) is 5.56 Å². The summed E-state index contributed by atoms with van der Waals surface area (Å²) < 4.78 is 2.25. The van der Waals surface area contributed by atoms with Crippen LogP contribution >= 0.6 is 11.3 Å². The average Bonchev–Trinajstić information content (AvgIpc) is 3.48. The van der Waals surface area contributed by atoms with Crippen molar-refractivity contribution in [2.24, 2.45) is 0 Å². The number of aromatic nitrogens is 3. The fourth-order valence-electron chi connectivity index (χ4n) is 4.45. The van der Waals surface area contributed by atoms with Gasteiger partial charge in [-0.1, -0.05) is 18.2 Å². The number of nitrogens with zero attached hydrogens (tertiary/aromatic N) is 3. The quantitative estimate of drug-likeness (QED) is 0.517. The molecule has 0 aliphatic carbocycles. The van der Waals surface area contributed by atoms with Crippen LogP contribution < -0.4 is 5.56 Å². The van der Waals surface area contributed by atoms with Crippen LogP contribution in [0.1, 0.15) is 40.5 Å². The molecule has 0 spiro atoms. The SMILES string of the molecule is O=C(c1cc(=O)[nH]c2ccccc12)N1CCC(c2nccn2CCc2ccsc2)CC1. The van der Waals surface area contributed by atoms with Crippen molar-refractivity contribution in [2.75, 3.05) is 13.1 Å². The Morgan fingerprint density at radius 3 is 2.84 bits per heavy atom. The first-order valence-electron chi connectivity index (χ1n) is 10.6. The topological polar surface area (TPSA) is 71.0 Å². The molecule has 0 atom stereocenters. The first kappa shape index (κ1) is 19.8. The summed E-state index contributed by atoms with van der Waals surface area (Å²) >= 11 is 1.73. The normalized spacial score (nSPS) is 14.9. The van der Waals surface area contributed by atoms with Gasteiger partial charge in [-0.3, -0.25) is 9.59 Å². The number of piperidine rings is 1. The maximum absolute atomic E-state index is 13.2. The summed E-state index contributed by atoms with van der Waals surface area (Å²) in [6, 6.07) is 11.1. The van der Waals surface area contributed by atoms with Crippen LogP contribution in [0.25, 0.3) is 10.9 Å². The Labute approximate surface area is 184 Å². The second kappa shape index (κ2) is 8.51. The molecule has 0 bridgehead atoms. The number of likely N-dealkylation sites (tertiary alicyclic amines) is 1. The molecule has 1 N–H and O–H groups in total. The number of carbonyl (C=O) groups excluding carboxylic acids is 1. The molecule has 0 saturated carbocycles. The molecule has 1 aliphatic heterocycles. The average molecular weight is 433 g/mol. The van der Waals surface area contributed by atoms with Crippen LogP contribution in [0.15, 0.2) is 64.3 Å². The Hall–Kier alpha value is -3.19. The van der Waals surface area contributed by atoms with Crippen molar-refractivity contribution in [2.45, 2.75) is 31.7 Å². The third-order valence-electron chi connectivity index (χ3n) is 6.10. The third kappa shape index (κ3) is 4.05. The number of benzene rings is 1. The van der Waals surface area contributed by atoms with E-state index in [4.69, 9.17) is 0 Å². The lowest BCUT2D eigenvalue weighted by Crippen LogP contribution is -2.38. The number of hydrogen-bond acceptors (Lipinski definition) is 4. The molecule has 0 radical (unpaired) electrons. The van der Waals surface area contributed by atoms with Gasteiger partial charge in [0.1, 0.15) is 5.82 Å². The Morgan fingerprint density at radius 1 is 1.19 bits per heavy atom. The van der Waals surface area contributed by atoms with Crippen molar-refractivity contribution in [3.05, 3.63) is 86.9 Å². The number of carbonyl (C=O) groups is 1. The van der Waals surface area contributed by atoms with Gasteiger partial charge in [0.2, 0.25) is 5.56 Å². The summed E-state index contributed by atoms with van der Waals surface area (Å²) in [5.74, 6) is 1.39. The molecule has 158 valence electrons. The number of hydrogen-bond donors (Lipinski definition) is 1. The maximum atomic E-state index is 13.2. The highest BCUT2D eigenvalue weighted by molar-refractivity contribution is 7.07. The van der Waals surface area contributed by atoms with Crippen LogP contribution in [0.5, 0.6) is 0 Å². The smallest absolute Gasteiger partial charge is 0.254 e. The van der Waals surface area contributed by atoms with Crippen LogP contribution in [-0.4, -0.2) is 38.4 Å². The van der Waals surface area contributed by atoms with Crippen molar-refractivity contribution in [3.63, 3.8) is 0 Å². The van der Waals surface area contributed by atoms with E-state index in [1.54, 1.807) is 11.3 Å². The van der Waals surface area contributed by atoms with Crippen molar-refractivity contribution in [1.29, 1.82) is 0 Å². The summed E-state index contributed by atoms with van der Waals surface area (Å²) in [7, 11) is 0. The molecular weight excluding hydrogens is 408 g/mol. The molecule has 4 heterocycles. The molecule has 1 aromatic carbocycles. The van der Waals surface area contributed by atoms with Gasteiger partial charge in [0.25, 0.3) is 5.91 Å². The van der Waals surface area contributed by atoms with Crippen LogP contribution in [0.3, 0.4) is 0 Å². The van der Waals surface area contributed by atoms with Crippen LogP contribution in [0, 0.1) is 0 Å². The second-order valence-corrected chi connectivity index (χ2v) is 8.80. The van der Waals surface area contributed by atoms with Crippen molar-refractivity contribution >= 4 is 28.1 Å². The molecule has 1 aliphatic rings. The van der Waals surface area contributed by atoms with E-state index < -0.39 is 0 Å². The van der Waals surface area contributed by atoms with Gasteiger partial charge >= 0.3 is 0 Å². The zero-order chi connectivity index (χ0) is 21.2. The molecule has 4 aromatic rings. The fourth-order valence-corrected chi connectivity index (χ4v) is 5.15. The first-order chi connectivity index (χ1) is 15.2. The van der Waals surface area contributed by atoms with Gasteiger partial charge in [0, 0.05) is 54.9 Å². The van der Waals surface area contributed by atoms with Crippen molar-refractivity contribution in [1.82, 2.24) is 19.4 Å². The molecule has 7 heteroatoms. The van der Waals surface area contributed by atoms with E-state index in [9.17, 15) is 9.59 Å². The van der Waals surface area contributed by atoms with Crippen LogP contribution in [0.4, 0.5) is 0 Å². The predicted molar refractivity (Wildman–Crippen MR) is 123 cm³/mol. The number of H-pyrrole nitrogens is 1. The Balaban J connectivity index is 1.28. The Bertz CT molecular complexity index is 1250. The molecular formula is C24H24N4O2S. The highest BCUT2D eigenvalue weighted by Crippen LogP contribution is 2.28. The van der Waals surface area contributed by atoms with Gasteiger partial charge in [-0.25, -0.2) is 4.98 Å². The van der Waals surface area contributed by atoms with Gasteiger partial charge in [-0.2, -0.15) is 11.3 Å². The van der Waals surface area contributed by atoms with Gasteiger partial charge in [-0.15, -0.1) is 0 Å². The van der Waals surface area contributed by atoms with Crippen molar-refractivity contribution < 1.29 is 4.79 Å². The van der Waals surface area contributed by atoms with Crippen LogP contribution in [0.2, 0.25) is 0 Å². The second-order valence-electron chi connectivity index (χ2n) is 8.02. The number of thiophene rings is 1. The third-order valence-corrected chi connectivity index (χ3v) is 6.83. The van der Waals surface area contributed by atoms with E-state index in [2.05, 4.69) is 37.6 Å². The highest BCUT2D eigenvalue weighted by atomic mass is 32.1. The number of pyridine rings is 1. The molecule has 5 rings (SSSR count). The standard InChI is InChI=1S/C24H24N4O2S/c29-22-15-20(19-3-1-2-4-21(19)26-22)24(30)28-11-6-18(7-12-28)23-25-9-13-27(23)10-5-17-8-14-31-16-17/h1-4,8-9,13-16,18H,5-7,10-12H2,(H,26,29). The largest absolute Gasteiger partial charge is 0.339 e. The van der Waals surface area contributed by atoms with E-state index in [1.165, 1.54) is 11.6 Å². The first-order valence-corrected chi connectivity index (χ1v) is 11.6. The molecule has 1 fully saturated rings. The predicted octanol–water partition coefficient (Wildman–Crippen LogP) is 4.05. The van der Waals surface area contributed by atoms with E-state index in [1.807, 2.05) is 35.4 Å². The lowest BCUT2D eigenvalue weighted by molar-refractivity contribution is 0.0712. The van der Waals surface area contributed by atoms with E-state index in [-0.39, 0.29) is 11.5 Å². The summed E-state index contributed by atoms with van der Waals surface area (Å²) in [6.07, 6.45) is 6.69. The summed E-state index contributed by atoms with van der Waals surface area (Å²) in [6.45, 7) is 2.26. The minimum Gasteiger partial charge on any atom is -0.339 e. The number of nitrogens with one attached hydrogen (secondary N) is 1. The van der Waals surface area contributed by atoms with E-state index in [0.717, 1.165) is 37.0 Å². The fraction of sp³-hybridized carbons (Fsp3) is 0.292. The minimum absolute atomic E-state index is 0.0680. The number of fused-ring (bicyclic) bond motifs is 1. The van der Waals surface area contributed by atoms with Gasteiger partial charge in [0.15, 0.2) is 0 Å². The summed E-state index contributed by atoms with van der Waals surface area (Å²) in [5, 5.41) is 5.10. The van der Waals surface area contributed by atoms with E-state index in [0.29, 0.717) is 30.1 Å². The highest BCUT2D eigenvalue weighted by Gasteiger charge is 2.28. The minimum atomic E-state index is -0.246. The molecule has 6 nitrogen and oxygen atoms in total. The van der Waals surface area contributed by atoms with Gasteiger partial charge in [-0.05, 0) is 47.7 Å². The number of para-hydroxylation sites is 1. The summed E-state index contributed by atoms with van der Waals surface area (Å²) in [5.41, 5.74) is 2.29. The Morgan fingerprint density at radius 2 is 2.03 bits per heavy atom. The number of rotatable bonds is 5. The molecule has 1 amide bonds. The zero-order valence-corrected chi connectivity index (χ0v) is 18.0. The molecule has 1 saturated heterocycles. The zero-order valence-electron chi connectivity index (χ0n) is 17.2. The number of imidazole rings is 1. The molecule has 3 aromatic heterocycles. The maximum Gasteiger partial charge on any atom is 0.254 e. The number of aryl methyl sites for hydroxylation is 2.